The highest BCUT2D eigenvalue weighted by Gasteiger charge is 2.54. The van der Waals surface area contributed by atoms with E-state index in [1.807, 2.05) is 0 Å². The maximum atomic E-state index is 13.2. The molecule has 4 atom stereocenters. The van der Waals surface area contributed by atoms with Crippen molar-refractivity contribution in [3.63, 3.8) is 0 Å². The number of thiazole rings is 1. The minimum absolute atomic E-state index is 0.0828. The molecule has 1 aliphatic carbocycles. The summed E-state index contributed by atoms with van der Waals surface area (Å²) in [4.78, 5) is 75.3. The topological polar surface area (TPSA) is 243 Å². The molecule has 2 aromatic rings. The minimum atomic E-state index is -1.31. The van der Waals surface area contributed by atoms with Crippen molar-refractivity contribution < 1.29 is 34.2 Å². The summed E-state index contributed by atoms with van der Waals surface area (Å²) in [5.41, 5.74) is 5.10. The Morgan fingerprint density at radius 3 is 2.70 bits per heavy atom. The third-order valence-electron chi connectivity index (χ3n) is 6.26. The Hall–Kier alpha value is -3.97. The number of thioether (sulfide) groups is 2. The second kappa shape index (κ2) is 11.3. The van der Waals surface area contributed by atoms with Crippen LogP contribution in [0.2, 0.25) is 0 Å². The number of carboxylic acids is 2. The van der Waals surface area contributed by atoms with Crippen LogP contribution >= 0.6 is 34.9 Å². The number of aromatic nitrogens is 4. The molecule has 2 fully saturated rings. The molecule has 3 aliphatic rings. The van der Waals surface area contributed by atoms with E-state index in [4.69, 9.17) is 10.6 Å². The lowest BCUT2D eigenvalue weighted by atomic mass is 9.82. The molecule has 1 saturated heterocycles. The zero-order chi connectivity index (χ0) is 28.6. The summed E-state index contributed by atoms with van der Waals surface area (Å²) in [6.07, 6.45) is 1.48. The molecule has 0 bridgehead atoms. The van der Waals surface area contributed by atoms with E-state index in [0.29, 0.717) is 23.4 Å². The van der Waals surface area contributed by atoms with Gasteiger partial charge in [-0.3, -0.25) is 19.3 Å². The lowest BCUT2D eigenvalue weighted by Crippen LogP contribution is -2.71. The van der Waals surface area contributed by atoms with Gasteiger partial charge in [0.05, 0.1) is 12.1 Å². The molecule has 4 heterocycles. The van der Waals surface area contributed by atoms with Gasteiger partial charge in [-0.25, -0.2) is 19.7 Å². The molecule has 2 aromatic heterocycles. The molecule has 40 heavy (non-hydrogen) atoms. The molecule has 19 heteroatoms. The summed E-state index contributed by atoms with van der Waals surface area (Å²) in [5, 5.41) is 32.6. The van der Waals surface area contributed by atoms with Crippen molar-refractivity contribution in [2.75, 3.05) is 17.2 Å². The number of amides is 2. The number of carbonyl (C=O) groups is 4. The van der Waals surface area contributed by atoms with E-state index < -0.39 is 52.9 Å². The maximum Gasteiger partial charge on any atom is 0.362 e. The summed E-state index contributed by atoms with van der Waals surface area (Å²) < 4.78 is 0. The quantitative estimate of drug-likeness (QED) is 0.0971. The van der Waals surface area contributed by atoms with E-state index in [-0.39, 0.29) is 33.7 Å². The van der Waals surface area contributed by atoms with Gasteiger partial charge in [-0.15, -0.1) is 34.9 Å². The van der Waals surface area contributed by atoms with E-state index >= 15 is 0 Å². The number of nitrogens with two attached hydrogens (primary N) is 1. The van der Waals surface area contributed by atoms with Crippen LogP contribution in [0.4, 0.5) is 5.13 Å². The Bertz CT molecular complexity index is 1510. The zero-order valence-corrected chi connectivity index (χ0v) is 22.6. The molecule has 0 spiro atoms. The number of carbonyl (C=O) groups excluding carboxylic acids is 2. The van der Waals surface area contributed by atoms with Gasteiger partial charge in [0.2, 0.25) is 0 Å². The highest BCUT2D eigenvalue weighted by Crippen LogP contribution is 2.41. The Balaban J connectivity index is 1.30. The van der Waals surface area contributed by atoms with Gasteiger partial charge in [0.25, 0.3) is 11.8 Å². The van der Waals surface area contributed by atoms with E-state index in [9.17, 15) is 34.2 Å². The zero-order valence-electron chi connectivity index (χ0n) is 20.2. The molecule has 0 radical (unpaired) electrons. The molecule has 2 aliphatic heterocycles. The number of oxime groups is 1. The van der Waals surface area contributed by atoms with Gasteiger partial charge in [-0.05, 0) is 18.4 Å². The monoisotopic (exact) mass is 608 g/mol. The lowest BCUT2D eigenvalue weighted by molar-refractivity contribution is -0.155. The number of aromatic amines is 1. The van der Waals surface area contributed by atoms with Crippen LogP contribution in [0.5, 0.6) is 0 Å². The number of nitrogen functional groups attached to an aromatic ring is 1. The highest BCUT2D eigenvalue weighted by atomic mass is 32.2. The van der Waals surface area contributed by atoms with Crippen LogP contribution in [-0.2, 0) is 24.0 Å². The number of nitrogens with one attached hydrogen (secondary N) is 2. The number of aliphatic carboxylic acids is 2. The molecule has 3 unspecified atom stereocenters. The number of rotatable bonds is 10. The van der Waals surface area contributed by atoms with E-state index in [1.165, 1.54) is 23.3 Å². The minimum Gasteiger partial charge on any atom is -0.481 e. The second-order valence-corrected chi connectivity index (χ2v) is 11.7. The molecule has 210 valence electrons. The number of nitrogens with zero attached hydrogens (tertiary/aromatic N) is 5. The van der Waals surface area contributed by atoms with E-state index in [1.54, 1.807) is 0 Å². The molecule has 2 amide bonds. The van der Waals surface area contributed by atoms with Crippen molar-refractivity contribution in [3.8, 4) is 0 Å². The van der Waals surface area contributed by atoms with Crippen molar-refractivity contribution in [1.82, 2.24) is 30.4 Å². The fourth-order valence-corrected chi connectivity index (χ4v) is 6.99. The SMILES string of the molecule is Nc1nc(C(=NOC2CCC2C(=O)O)C(=O)NC2C(=O)N3C(C(=O)O)=C(CSc4cn[nH]c(=O)n4)CS[C@H]23)cs1. The smallest absolute Gasteiger partial charge is 0.362 e. The van der Waals surface area contributed by atoms with Crippen LogP contribution in [-0.4, -0.2) is 93.8 Å². The standard InChI is InChI=1S/C21H20N8O8S3/c22-20-24-9(6-40-20)12(28-37-10-2-1-8(10)18(32)33)15(30)26-13-16(31)29-14(19(34)35)7(5-39-17(13)29)4-38-11-3-23-27-21(36)25-11/h3,6,8,10,13,17H,1-2,4-5H2,(H2,22,24)(H,26,30)(H,32,33)(H,34,35)(H,25,27,36)/t8?,10?,13?,17-/m1/s1. The summed E-state index contributed by atoms with van der Waals surface area (Å²) in [7, 11) is 0. The highest BCUT2D eigenvalue weighted by molar-refractivity contribution is 8.01. The predicted octanol–water partition coefficient (Wildman–Crippen LogP) is -0.682. The first-order chi connectivity index (χ1) is 19.1. The van der Waals surface area contributed by atoms with Crippen molar-refractivity contribution in [2.24, 2.45) is 11.1 Å². The number of hydrogen-bond donors (Lipinski definition) is 5. The average molecular weight is 609 g/mol. The number of β-lactam (4-membered cyclic amide) rings is 1. The number of fused-ring (bicyclic) bond motifs is 1. The molecule has 0 aromatic carbocycles. The van der Waals surface area contributed by atoms with Crippen molar-refractivity contribution >= 4 is 69.5 Å². The normalized spacial score (nSPS) is 24.1. The number of H-pyrrole nitrogens is 1. The first-order valence-electron chi connectivity index (χ1n) is 11.6. The van der Waals surface area contributed by atoms with Gasteiger partial charge in [0, 0.05) is 16.9 Å². The van der Waals surface area contributed by atoms with Crippen molar-refractivity contribution in [1.29, 1.82) is 0 Å². The first kappa shape index (κ1) is 27.6. The third-order valence-corrected chi connectivity index (χ3v) is 9.26. The number of hydrogen-bond acceptors (Lipinski definition) is 14. The first-order valence-corrected chi connectivity index (χ1v) is 14.5. The fourth-order valence-electron chi connectivity index (χ4n) is 4.13. The summed E-state index contributed by atoms with van der Waals surface area (Å²) in [6, 6.07) is -1.06. The van der Waals surface area contributed by atoms with Crippen LogP contribution in [0.1, 0.15) is 18.5 Å². The molecular formula is C21H20N8O8S3. The van der Waals surface area contributed by atoms with Gasteiger partial charge >= 0.3 is 17.6 Å². The van der Waals surface area contributed by atoms with E-state index in [0.717, 1.165) is 28.0 Å². The van der Waals surface area contributed by atoms with Gasteiger partial charge < -0.3 is 26.1 Å². The van der Waals surface area contributed by atoms with Crippen LogP contribution in [0.25, 0.3) is 0 Å². The molecule has 5 rings (SSSR count). The maximum absolute atomic E-state index is 13.2. The van der Waals surface area contributed by atoms with Crippen LogP contribution in [0, 0.1) is 5.92 Å². The second-order valence-electron chi connectivity index (χ2n) is 8.71. The Kier molecular flexibility index (Phi) is 7.76. The van der Waals surface area contributed by atoms with Crippen LogP contribution < -0.4 is 16.7 Å². The Morgan fingerprint density at radius 1 is 1.27 bits per heavy atom. The average Bonchev–Trinajstić information content (AvgIpc) is 3.32. The van der Waals surface area contributed by atoms with Crippen LogP contribution in [0.3, 0.4) is 0 Å². The molecule has 1 saturated carbocycles. The summed E-state index contributed by atoms with van der Waals surface area (Å²) in [5.74, 6) is -4.14. The fraction of sp³-hybridized carbons (Fsp3) is 0.381. The van der Waals surface area contributed by atoms with Crippen LogP contribution in [0.15, 0.2) is 37.8 Å². The van der Waals surface area contributed by atoms with Gasteiger partial charge in [-0.2, -0.15) is 10.1 Å². The van der Waals surface area contributed by atoms with Gasteiger partial charge in [-0.1, -0.05) is 5.16 Å². The molecular weight excluding hydrogens is 588 g/mol. The van der Waals surface area contributed by atoms with Gasteiger partial charge in [0.15, 0.2) is 10.8 Å². The van der Waals surface area contributed by atoms with E-state index in [2.05, 4.69) is 30.6 Å². The number of carboxylic acid groups (broad SMARTS) is 2. The predicted molar refractivity (Wildman–Crippen MR) is 141 cm³/mol. The number of anilines is 1. The summed E-state index contributed by atoms with van der Waals surface area (Å²) in [6.45, 7) is 0. The van der Waals surface area contributed by atoms with Crippen molar-refractivity contribution in [2.45, 2.75) is 35.4 Å². The lowest BCUT2D eigenvalue weighted by Gasteiger charge is -2.49. The molecule has 6 N–H and O–H groups in total. The summed E-state index contributed by atoms with van der Waals surface area (Å²) >= 11 is 3.42. The van der Waals surface area contributed by atoms with Crippen molar-refractivity contribution in [3.05, 3.63) is 39.0 Å². The third kappa shape index (κ3) is 5.39. The Morgan fingerprint density at radius 2 is 2.08 bits per heavy atom. The Labute approximate surface area is 236 Å². The largest absolute Gasteiger partial charge is 0.481 e. The molecule has 16 nitrogen and oxygen atoms in total. The van der Waals surface area contributed by atoms with Gasteiger partial charge in [0.1, 0.15) is 33.9 Å².